The van der Waals surface area contributed by atoms with Gasteiger partial charge in [-0.2, -0.15) is 5.10 Å². The summed E-state index contributed by atoms with van der Waals surface area (Å²) in [5.74, 6) is 0. The van der Waals surface area contributed by atoms with Gasteiger partial charge in [-0.3, -0.25) is 4.68 Å². The van der Waals surface area contributed by atoms with Crippen LogP contribution in [0, 0.1) is 6.92 Å². The van der Waals surface area contributed by atoms with Crippen LogP contribution in [0.4, 0.5) is 0 Å². The van der Waals surface area contributed by atoms with Crippen LogP contribution in [0.2, 0.25) is 0 Å². The standard InChI is InChI=1S/C8H8BrN3/c1-5-6-3-11-12(2)7(6)4-10-8(5)9/h3-4H,1-2H3. The molecule has 4 heteroatoms. The Balaban J connectivity index is 2.93. The maximum Gasteiger partial charge on any atom is 0.109 e. The summed E-state index contributed by atoms with van der Waals surface area (Å²) in [6.45, 7) is 2.03. The first kappa shape index (κ1) is 7.73. The number of rotatable bonds is 0. The summed E-state index contributed by atoms with van der Waals surface area (Å²) in [4.78, 5) is 4.20. The summed E-state index contributed by atoms with van der Waals surface area (Å²) < 4.78 is 2.71. The van der Waals surface area contributed by atoms with Crippen LogP contribution in [0.25, 0.3) is 10.9 Å². The Hall–Kier alpha value is -0.900. The molecule has 0 aromatic carbocycles. The fraction of sp³-hybridized carbons (Fsp3) is 0.250. The predicted octanol–water partition coefficient (Wildman–Crippen LogP) is 2.04. The van der Waals surface area contributed by atoms with Gasteiger partial charge in [0, 0.05) is 12.4 Å². The minimum Gasteiger partial charge on any atom is -0.266 e. The van der Waals surface area contributed by atoms with Crippen LogP contribution in [0.1, 0.15) is 5.56 Å². The molecule has 0 aliphatic rings. The van der Waals surface area contributed by atoms with Gasteiger partial charge in [0.2, 0.25) is 0 Å². The quantitative estimate of drug-likeness (QED) is 0.643. The third kappa shape index (κ3) is 0.948. The van der Waals surface area contributed by atoms with Crippen LogP contribution in [0.3, 0.4) is 0 Å². The highest BCUT2D eigenvalue weighted by Gasteiger charge is 2.05. The van der Waals surface area contributed by atoms with Crippen molar-refractivity contribution in [3.05, 3.63) is 22.6 Å². The fourth-order valence-corrected chi connectivity index (χ4v) is 1.53. The summed E-state index contributed by atoms with van der Waals surface area (Å²) in [5.41, 5.74) is 2.20. The van der Waals surface area contributed by atoms with Gasteiger partial charge in [0.25, 0.3) is 0 Å². The Morgan fingerprint density at radius 2 is 2.17 bits per heavy atom. The molecule has 0 fully saturated rings. The molecule has 12 heavy (non-hydrogen) atoms. The largest absolute Gasteiger partial charge is 0.266 e. The number of aryl methyl sites for hydroxylation is 2. The van der Waals surface area contributed by atoms with Crippen LogP contribution in [-0.2, 0) is 7.05 Å². The Labute approximate surface area is 78.5 Å². The van der Waals surface area contributed by atoms with E-state index in [0.29, 0.717) is 0 Å². The van der Waals surface area contributed by atoms with E-state index in [4.69, 9.17) is 0 Å². The molecule has 62 valence electrons. The summed E-state index contributed by atoms with van der Waals surface area (Å²) in [6, 6.07) is 0. The van der Waals surface area contributed by atoms with Crippen LogP contribution in [-0.4, -0.2) is 14.8 Å². The topological polar surface area (TPSA) is 30.7 Å². The molecule has 0 radical (unpaired) electrons. The molecule has 2 aromatic heterocycles. The van der Waals surface area contributed by atoms with Crippen LogP contribution in [0.15, 0.2) is 17.0 Å². The van der Waals surface area contributed by atoms with Crippen molar-refractivity contribution in [2.45, 2.75) is 6.92 Å². The number of halogens is 1. The van der Waals surface area contributed by atoms with Crippen molar-refractivity contribution in [1.82, 2.24) is 14.8 Å². The summed E-state index contributed by atoms with van der Waals surface area (Å²) >= 11 is 3.38. The lowest BCUT2D eigenvalue weighted by Gasteiger charge is -1.98. The third-order valence-corrected chi connectivity index (χ3v) is 2.80. The average Bonchev–Trinajstić information content (AvgIpc) is 2.41. The maximum atomic E-state index is 4.20. The highest BCUT2D eigenvalue weighted by atomic mass is 79.9. The monoisotopic (exact) mass is 225 g/mol. The maximum absolute atomic E-state index is 4.20. The molecular weight excluding hydrogens is 218 g/mol. The molecule has 2 aromatic rings. The number of hydrogen-bond donors (Lipinski definition) is 0. The zero-order valence-electron chi connectivity index (χ0n) is 6.87. The Bertz CT molecular complexity index is 433. The molecule has 0 saturated heterocycles. The van der Waals surface area contributed by atoms with E-state index in [1.54, 1.807) is 0 Å². The van der Waals surface area contributed by atoms with Gasteiger partial charge in [-0.1, -0.05) is 0 Å². The number of pyridine rings is 1. The van der Waals surface area contributed by atoms with Gasteiger partial charge in [0.05, 0.1) is 17.9 Å². The number of fused-ring (bicyclic) bond motifs is 1. The van der Waals surface area contributed by atoms with E-state index in [2.05, 4.69) is 26.0 Å². The van der Waals surface area contributed by atoms with Crippen LogP contribution >= 0.6 is 15.9 Å². The van der Waals surface area contributed by atoms with Crippen molar-refractivity contribution in [2.75, 3.05) is 0 Å². The summed E-state index contributed by atoms with van der Waals surface area (Å²) in [5, 5.41) is 5.31. The van der Waals surface area contributed by atoms with Crippen LogP contribution in [0.5, 0.6) is 0 Å². The first-order valence-corrected chi connectivity index (χ1v) is 4.42. The lowest BCUT2D eigenvalue weighted by molar-refractivity contribution is 0.795. The van der Waals surface area contributed by atoms with Crippen molar-refractivity contribution >= 4 is 26.8 Å². The molecule has 0 aliphatic heterocycles. The van der Waals surface area contributed by atoms with Crippen molar-refractivity contribution in [1.29, 1.82) is 0 Å². The molecule has 0 spiro atoms. The lowest BCUT2D eigenvalue weighted by atomic mass is 10.2. The van der Waals surface area contributed by atoms with Gasteiger partial charge in [0.1, 0.15) is 4.60 Å². The van der Waals surface area contributed by atoms with Gasteiger partial charge >= 0.3 is 0 Å². The molecule has 0 atom stereocenters. The van der Waals surface area contributed by atoms with Gasteiger partial charge in [0.15, 0.2) is 0 Å². The molecule has 2 heterocycles. The molecule has 0 saturated carbocycles. The highest BCUT2D eigenvalue weighted by Crippen LogP contribution is 2.22. The smallest absolute Gasteiger partial charge is 0.109 e. The van der Waals surface area contributed by atoms with Crippen molar-refractivity contribution < 1.29 is 0 Å². The zero-order valence-corrected chi connectivity index (χ0v) is 8.46. The minimum atomic E-state index is 0.892. The summed E-state index contributed by atoms with van der Waals surface area (Å²) in [7, 11) is 1.91. The Morgan fingerprint density at radius 3 is 2.92 bits per heavy atom. The SMILES string of the molecule is Cc1c(Br)ncc2c1cnn2C. The Kier molecular flexibility index (Phi) is 1.65. The second-order valence-electron chi connectivity index (χ2n) is 2.74. The first-order chi connectivity index (χ1) is 5.70. The number of nitrogens with zero attached hydrogens (tertiary/aromatic N) is 3. The molecule has 0 bridgehead atoms. The molecular formula is C8H8BrN3. The molecule has 0 N–H and O–H groups in total. The molecule has 3 nitrogen and oxygen atoms in total. The number of hydrogen-bond acceptors (Lipinski definition) is 2. The van der Waals surface area contributed by atoms with Crippen molar-refractivity contribution in [3.8, 4) is 0 Å². The molecule has 2 rings (SSSR count). The van der Waals surface area contributed by atoms with Crippen molar-refractivity contribution in [2.24, 2.45) is 7.05 Å². The highest BCUT2D eigenvalue weighted by molar-refractivity contribution is 9.10. The number of aromatic nitrogens is 3. The van der Waals surface area contributed by atoms with E-state index in [0.717, 1.165) is 21.1 Å². The van der Waals surface area contributed by atoms with Gasteiger partial charge in [-0.15, -0.1) is 0 Å². The average molecular weight is 226 g/mol. The van der Waals surface area contributed by atoms with E-state index in [-0.39, 0.29) is 0 Å². The second kappa shape index (κ2) is 2.55. The summed E-state index contributed by atoms with van der Waals surface area (Å²) in [6.07, 6.45) is 3.68. The van der Waals surface area contributed by atoms with E-state index < -0.39 is 0 Å². The van der Waals surface area contributed by atoms with Crippen LogP contribution < -0.4 is 0 Å². The molecule has 0 aliphatic carbocycles. The van der Waals surface area contributed by atoms with E-state index >= 15 is 0 Å². The molecule has 0 amide bonds. The van der Waals surface area contributed by atoms with Gasteiger partial charge in [-0.25, -0.2) is 4.98 Å². The zero-order chi connectivity index (χ0) is 8.72. The second-order valence-corrected chi connectivity index (χ2v) is 3.49. The third-order valence-electron chi connectivity index (χ3n) is 2.00. The predicted molar refractivity (Wildman–Crippen MR) is 50.9 cm³/mol. The van der Waals surface area contributed by atoms with E-state index in [1.807, 2.05) is 31.0 Å². The first-order valence-electron chi connectivity index (χ1n) is 3.63. The minimum absolute atomic E-state index is 0.892. The van der Waals surface area contributed by atoms with Crippen molar-refractivity contribution in [3.63, 3.8) is 0 Å². The lowest BCUT2D eigenvalue weighted by Crippen LogP contribution is -1.90. The van der Waals surface area contributed by atoms with Gasteiger partial charge < -0.3 is 0 Å². The molecule has 0 unspecified atom stereocenters. The normalized spacial score (nSPS) is 10.9. The Morgan fingerprint density at radius 1 is 1.42 bits per heavy atom. The van der Waals surface area contributed by atoms with E-state index in [1.165, 1.54) is 0 Å². The fourth-order valence-electron chi connectivity index (χ4n) is 1.21. The van der Waals surface area contributed by atoms with Gasteiger partial charge in [-0.05, 0) is 28.4 Å². The van der Waals surface area contributed by atoms with E-state index in [9.17, 15) is 0 Å².